The van der Waals surface area contributed by atoms with Crippen LogP contribution in [0.5, 0.6) is 0 Å². The molecule has 0 saturated heterocycles. The highest BCUT2D eigenvalue weighted by atomic mass is 35.5. The molecule has 0 aliphatic rings. The van der Waals surface area contributed by atoms with Gasteiger partial charge in [-0.15, -0.1) is 0 Å². The summed E-state index contributed by atoms with van der Waals surface area (Å²) in [6.07, 6.45) is 0. The lowest BCUT2D eigenvalue weighted by Gasteiger charge is -2.33. The number of hydrogen-bond acceptors (Lipinski definition) is 3. The van der Waals surface area contributed by atoms with Gasteiger partial charge in [0.15, 0.2) is 0 Å². The molecule has 0 atom stereocenters. The van der Waals surface area contributed by atoms with Crippen LogP contribution in [-0.4, -0.2) is 35.9 Å². The number of carboxylic acids is 1. The van der Waals surface area contributed by atoms with E-state index in [2.05, 4.69) is 0 Å². The Hall–Kier alpha value is -1.18. The van der Waals surface area contributed by atoms with Crippen molar-refractivity contribution < 1.29 is 22.7 Å². The van der Waals surface area contributed by atoms with Gasteiger partial charge in [0, 0.05) is 6.54 Å². The van der Waals surface area contributed by atoms with E-state index in [1.165, 1.54) is 20.8 Å². The molecule has 0 radical (unpaired) electrons. The average Bonchev–Trinajstić information content (AvgIpc) is 2.27. The van der Waals surface area contributed by atoms with Crippen molar-refractivity contribution in [3.05, 3.63) is 29.0 Å². The van der Waals surface area contributed by atoms with Gasteiger partial charge in [-0.2, -0.15) is 4.31 Å². The first-order chi connectivity index (χ1) is 9.05. The molecule has 0 heterocycles. The van der Waals surface area contributed by atoms with Crippen LogP contribution >= 0.6 is 11.6 Å². The zero-order valence-electron chi connectivity index (χ0n) is 11.2. The molecular formula is C12H15ClFNO4S. The van der Waals surface area contributed by atoms with E-state index in [0.29, 0.717) is 0 Å². The summed E-state index contributed by atoms with van der Waals surface area (Å²) in [6.45, 7) is 4.00. The maximum Gasteiger partial charge on any atom is 0.324 e. The largest absolute Gasteiger partial charge is 0.480 e. The summed E-state index contributed by atoms with van der Waals surface area (Å²) in [4.78, 5) is 10.9. The summed E-state index contributed by atoms with van der Waals surface area (Å²) in [7, 11) is -4.15. The summed E-state index contributed by atoms with van der Waals surface area (Å²) in [5.74, 6) is -1.96. The molecule has 1 rings (SSSR count). The molecule has 1 aromatic rings. The molecule has 0 spiro atoms. The molecule has 5 nitrogen and oxygen atoms in total. The fourth-order valence-corrected chi connectivity index (χ4v) is 4.04. The van der Waals surface area contributed by atoms with Crippen molar-refractivity contribution in [3.8, 4) is 0 Å². The molecular weight excluding hydrogens is 309 g/mol. The van der Waals surface area contributed by atoms with E-state index in [-0.39, 0.29) is 16.5 Å². The first kappa shape index (κ1) is 16.9. The first-order valence-electron chi connectivity index (χ1n) is 5.76. The van der Waals surface area contributed by atoms with Crippen molar-refractivity contribution in [1.29, 1.82) is 0 Å². The lowest BCUT2D eigenvalue weighted by Crippen LogP contribution is -2.52. The highest BCUT2D eigenvalue weighted by molar-refractivity contribution is 7.89. The standard InChI is InChI=1S/C12H15ClFNO4S/c1-4-15(12(2,3)11(16)17)20(18,19)10-6-5-8(14)7-9(10)13/h5-7H,4H2,1-3H3,(H,16,17). The monoisotopic (exact) mass is 323 g/mol. The quantitative estimate of drug-likeness (QED) is 0.902. The van der Waals surface area contributed by atoms with E-state index in [1.54, 1.807) is 0 Å². The summed E-state index contributed by atoms with van der Waals surface area (Å²) < 4.78 is 38.8. The van der Waals surface area contributed by atoms with Gasteiger partial charge in [-0.3, -0.25) is 4.79 Å². The Morgan fingerprint density at radius 1 is 1.45 bits per heavy atom. The van der Waals surface area contributed by atoms with Crippen LogP contribution in [0.15, 0.2) is 23.1 Å². The van der Waals surface area contributed by atoms with Gasteiger partial charge >= 0.3 is 5.97 Å². The Morgan fingerprint density at radius 3 is 2.40 bits per heavy atom. The van der Waals surface area contributed by atoms with Gasteiger partial charge in [-0.05, 0) is 32.0 Å². The molecule has 1 aromatic carbocycles. The minimum atomic E-state index is -4.15. The number of nitrogens with zero attached hydrogens (tertiary/aromatic N) is 1. The van der Waals surface area contributed by atoms with Crippen LogP contribution in [0.25, 0.3) is 0 Å². The summed E-state index contributed by atoms with van der Waals surface area (Å²) in [5.41, 5.74) is -1.65. The summed E-state index contributed by atoms with van der Waals surface area (Å²) in [5, 5.41) is 8.88. The third-order valence-electron chi connectivity index (χ3n) is 2.90. The lowest BCUT2D eigenvalue weighted by atomic mass is 10.1. The van der Waals surface area contributed by atoms with Gasteiger partial charge < -0.3 is 5.11 Å². The number of carbonyl (C=O) groups is 1. The van der Waals surface area contributed by atoms with E-state index < -0.39 is 27.3 Å². The van der Waals surface area contributed by atoms with Crippen molar-refractivity contribution in [2.24, 2.45) is 0 Å². The number of aliphatic carboxylic acids is 1. The molecule has 20 heavy (non-hydrogen) atoms. The van der Waals surface area contributed by atoms with Crippen molar-refractivity contribution >= 4 is 27.6 Å². The number of halogens is 2. The van der Waals surface area contributed by atoms with Gasteiger partial charge in [0.1, 0.15) is 16.3 Å². The smallest absolute Gasteiger partial charge is 0.324 e. The molecule has 0 bridgehead atoms. The predicted octanol–water partition coefficient (Wildman–Crippen LogP) is 2.35. The van der Waals surface area contributed by atoms with Gasteiger partial charge in [0.05, 0.1) is 5.02 Å². The highest BCUT2D eigenvalue weighted by Crippen LogP contribution is 2.29. The van der Waals surface area contributed by atoms with Crippen LogP contribution in [0.2, 0.25) is 5.02 Å². The van der Waals surface area contributed by atoms with Crippen LogP contribution in [0, 0.1) is 5.82 Å². The molecule has 0 aliphatic heterocycles. The SMILES string of the molecule is CCN(C(C)(C)C(=O)O)S(=O)(=O)c1ccc(F)cc1Cl. The third-order valence-corrected chi connectivity index (χ3v) is 5.53. The maximum absolute atomic E-state index is 13.0. The minimum absolute atomic E-state index is 0.0602. The zero-order chi connectivity index (χ0) is 15.7. The third kappa shape index (κ3) is 2.94. The average molecular weight is 324 g/mol. The first-order valence-corrected chi connectivity index (χ1v) is 7.58. The number of hydrogen-bond donors (Lipinski definition) is 1. The number of likely N-dealkylation sites (N-methyl/N-ethyl adjacent to an activating group) is 1. The Labute approximate surface area is 122 Å². The fourth-order valence-electron chi connectivity index (χ4n) is 1.78. The van der Waals surface area contributed by atoms with Crippen molar-refractivity contribution in [3.63, 3.8) is 0 Å². The topological polar surface area (TPSA) is 74.7 Å². The zero-order valence-corrected chi connectivity index (χ0v) is 12.8. The predicted molar refractivity (Wildman–Crippen MR) is 72.7 cm³/mol. The van der Waals surface area contributed by atoms with Crippen molar-refractivity contribution in [1.82, 2.24) is 4.31 Å². The molecule has 0 amide bonds. The van der Waals surface area contributed by atoms with Gasteiger partial charge in [-0.25, -0.2) is 12.8 Å². The van der Waals surface area contributed by atoms with Gasteiger partial charge in [0.25, 0.3) is 0 Å². The van der Waals surface area contributed by atoms with Gasteiger partial charge in [-0.1, -0.05) is 18.5 Å². The molecule has 112 valence electrons. The molecule has 0 aliphatic carbocycles. The Bertz CT molecular complexity index is 630. The van der Waals surface area contributed by atoms with E-state index in [4.69, 9.17) is 16.7 Å². The summed E-state index contributed by atoms with van der Waals surface area (Å²) in [6, 6.07) is 2.85. The number of sulfonamides is 1. The highest BCUT2D eigenvalue weighted by Gasteiger charge is 2.42. The minimum Gasteiger partial charge on any atom is -0.480 e. The number of carboxylic acid groups (broad SMARTS) is 1. The normalized spacial score (nSPS) is 12.7. The summed E-state index contributed by atoms with van der Waals surface area (Å²) >= 11 is 5.75. The molecule has 0 saturated carbocycles. The van der Waals surface area contributed by atoms with Gasteiger partial charge in [0.2, 0.25) is 10.0 Å². The van der Waals surface area contributed by atoms with Crippen LogP contribution in [-0.2, 0) is 14.8 Å². The lowest BCUT2D eigenvalue weighted by molar-refractivity contribution is -0.146. The number of rotatable bonds is 5. The fraction of sp³-hybridized carbons (Fsp3) is 0.417. The molecule has 8 heteroatoms. The Balaban J connectivity index is 3.44. The molecule has 0 unspecified atom stereocenters. The van der Waals surface area contributed by atoms with E-state index in [9.17, 15) is 17.6 Å². The second-order valence-electron chi connectivity index (χ2n) is 4.61. The van der Waals surface area contributed by atoms with Crippen molar-refractivity contribution in [2.75, 3.05) is 6.54 Å². The molecule has 0 fully saturated rings. The van der Waals surface area contributed by atoms with E-state index in [0.717, 1.165) is 22.5 Å². The van der Waals surface area contributed by atoms with Crippen LogP contribution < -0.4 is 0 Å². The second-order valence-corrected chi connectivity index (χ2v) is 6.85. The van der Waals surface area contributed by atoms with E-state index >= 15 is 0 Å². The molecule has 1 N–H and O–H groups in total. The Morgan fingerprint density at radius 2 is 2.00 bits per heavy atom. The van der Waals surface area contributed by atoms with Crippen LogP contribution in [0.1, 0.15) is 20.8 Å². The maximum atomic E-state index is 13.0. The van der Waals surface area contributed by atoms with Crippen LogP contribution in [0.3, 0.4) is 0 Å². The number of benzene rings is 1. The second kappa shape index (κ2) is 5.67. The van der Waals surface area contributed by atoms with Crippen LogP contribution in [0.4, 0.5) is 4.39 Å². The van der Waals surface area contributed by atoms with E-state index in [1.807, 2.05) is 0 Å². The molecule has 0 aromatic heterocycles. The Kier molecular flexibility index (Phi) is 4.78. The van der Waals surface area contributed by atoms with Crippen molar-refractivity contribution in [2.45, 2.75) is 31.2 Å².